The Hall–Kier alpha value is -3.23. The lowest BCUT2D eigenvalue weighted by molar-refractivity contribution is -0.274. The smallest absolute Gasteiger partial charge is 0.406 e. The van der Waals surface area contributed by atoms with Gasteiger partial charge in [0.25, 0.3) is 5.91 Å². The lowest BCUT2D eigenvalue weighted by Gasteiger charge is -2.13. The third-order valence-corrected chi connectivity index (χ3v) is 4.37. The summed E-state index contributed by atoms with van der Waals surface area (Å²) in [6, 6.07) is 13.3. The number of rotatable bonds is 8. The predicted octanol–water partition coefficient (Wildman–Crippen LogP) is 3.24. The minimum atomic E-state index is -4.69. The maximum Gasteiger partial charge on any atom is 0.573 e. The maximum absolute atomic E-state index is 12.2. The first kappa shape index (κ1) is 24.0. The van der Waals surface area contributed by atoms with Gasteiger partial charge in [0.1, 0.15) is 5.75 Å². The summed E-state index contributed by atoms with van der Waals surface area (Å²) >= 11 is 0. The molecule has 6 nitrogen and oxygen atoms in total. The van der Waals surface area contributed by atoms with Crippen LogP contribution >= 0.6 is 0 Å². The number of aliphatic imine (C=N–C) groups is 1. The number of benzene rings is 2. The van der Waals surface area contributed by atoms with Crippen LogP contribution in [0, 0.1) is 0 Å². The largest absolute Gasteiger partial charge is 0.573 e. The first-order valence-corrected chi connectivity index (χ1v) is 9.78. The third kappa shape index (κ3) is 8.57. The van der Waals surface area contributed by atoms with Gasteiger partial charge in [-0.1, -0.05) is 24.3 Å². The number of carbonyl (C=O) groups excluding carboxylic acids is 1. The normalized spacial score (nSPS) is 11.7. The molecule has 2 rings (SSSR count). The van der Waals surface area contributed by atoms with E-state index in [9.17, 15) is 18.0 Å². The molecular weight excluding hydrogens is 409 g/mol. The molecule has 0 radical (unpaired) electrons. The Morgan fingerprint density at radius 3 is 2.16 bits per heavy atom. The Labute approximate surface area is 180 Å². The van der Waals surface area contributed by atoms with Crippen molar-refractivity contribution in [2.75, 3.05) is 34.2 Å². The van der Waals surface area contributed by atoms with Crippen molar-refractivity contribution in [1.29, 1.82) is 0 Å². The van der Waals surface area contributed by atoms with Crippen LogP contribution in [0.2, 0.25) is 0 Å². The Kier molecular flexibility index (Phi) is 8.72. The number of ether oxygens (including phenoxy) is 1. The van der Waals surface area contributed by atoms with E-state index < -0.39 is 6.36 Å². The number of halogens is 3. The summed E-state index contributed by atoms with van der Waals surface area (Å²) in [6.07, 6.45) is -3.36. The van der Waals surface area contributed by atoms with Crippen molar-refractivity contribution in [2.24, 2.45) is 4.99 Å². The van der Waals surface area contributed by atoms with Gasteiger partial charge in [0.2, 0.25) is 0 Å². The van der Waals surface area contributed by atoms with E-state index >= 15 is 0 Å². The second kappa shape index (κ2) is 11.2. The van der Waals surface area contributed by atoms with Crippen molar-refractivity contribution in [3.05, 3.63) is 65.2 Å². The van der Waals surface area contributed by atoms with Gasteiger partial charge >= 0.3 is 6.36 Å². The summed E-state index contributed by atoms with van der Waals surface area (Å²) in [7, 11) is 5.10. The molecule has 31 heavy (non-hydrogen) atoms. The summed E-state index contributed by atoms with van der Waals surface area (Å²) < 4.78 is 40.5. The van der Waals surface area contributed by atoms with Gasteiger partial charge in [0, 0.05) is 39.8 Å². The van der Waals surface area contributed by atoms with Crippen LogP contribution in [0.3, 0.4) is 0 Å². The molecule has 0 heterocycles. The number of nitrogens with zero attached hydrogens (tertiary/aromatic N) is 2. The summed E-state index contributed by atoms with van der Waals surface area (Å²) in [5.74, 6) is 0.348. The van der Waals surface area contributed by atoms with Gasteiger partial charge in [-0.05, 0) is 48.2 Å². The zero-order chi connectivity index (χ0) is 22.9. The molecule has 9 heteroatoms. The van der Waals surface area contributed by atoms with Crippen LogP contribution in [0.1, 0.15) is 21.5 Å². The Morgan fingerprint density at radius 2 is 1.61 bits per heavy atom. The van der Waals surface area contributed by atoms with E-state index in [1.807, 2.05) is 18.2 Å². The van der Waals surface area contributed by atoms with Crippen molar-refractivity contribution in [3.8, 4) is 5.75 Å². The summed E-state index contributed by atoms with van der Waals surface area (Å²) in [4.78, 5) is 17.8. The minimum absolute atomic E-state index is 0.0368. The fraction of sp³-hybridized carbons (Fsp3) is 0.364. The Bertz CT molecular complexity index is 881. The van der Waals surface area contributed by atoms with Crippen LogP contribution in [0.15, 0.2) is 53.5 Å². The van der Waals surface area contributed by atoms with Crippen LogP contribution in [-0.4, -0.2) is 57.4 Å². The molecule has 0 aliphatic heterocycles. The lowest BCUT2D eigenvalue weighted by atomic mass is 10.1. The van der Waals surface area contributed by atoms with E-state index in [1.54, 1.807) is 44.2 Å². The monoisotopic (exact) mass is 436 g/mol. The van der Waals surface area contributed by atoms with Crippen molar-refractivity contribution in [1.82, 2.24) is 15.5 Å². The summed E-state index contributed by atoms with van der Waals surface area (Å²) in [5.41, 5.74) is 2.56. The molecule has 2 N–H and O–H groups in total. The summed E-state index contributed by atoms with van der Waals surface area (Å²) in [5, 5.41) is 6.38. The molecule has 0 aliphatic rings. The van der Waals surface area contributed by atoms with Crippen LogP contribution < -0.4 is 15.4 Å². The number of nitrogens with one attached hydrogen (secondary N) is 2. The van der Waals surface area contributed by atoms with E-state index in [-0.39, 0.29) is 11.7 Å². The SMILES string of the molecule is CN=C(NCCc1ccc(OC(F)(F)F)cc1)NCCc1cccc(C(=O)N(C)C)c1. The molecule has 0 bridgehead atoms. The molecule has 0 saturated carbocycles. The highest BCUT2D eigenvalue weighted by Gasteiger charge is 2.30. The predicted molar refractivity (Wildman–Crippen MR) is 114 cm³/mol. The van der Waals surface area contributed by atoms with Crippen LogP contribution in [0.25, 0.3) is 0 Å². The average molecular weight is 436 g/mol. The van der Waals surface area contributed by atoms with Gasteiger partial charge in [-0.25, -0.2) is 0 Å². The van der Waals surface area contributed by atoms with E-state index in [2.05, 4.69) is 20.4 Å². The van der Waals surface area contributed by atoms with E-state index in [4.69, 9.17) is 0 Å². The minimum Gasteiger partial charge on any atom is -0.406 e. The van der Waals surface area contributed by atoms with Crippen molar-refractivity contribution in [2.45, 2.75) is 19.2 Å². The maximum atomic E-state index is 12.2. The molecule has 0 saturated heterocycles. The zero-order valence-electron chi connectivity index (χ0n) is 17.8. The molecule has 0 fully saturated rings. The zero-order valence-corrected chi connectivity index (χ0v) is 17.8. The molecule has 0 unspecified atom stereocenters. The molecule has 2 aromatic rings. The molecule has 1 amide bonds. The second-order valence-corrected chi connectivity index (χ2v) is 7.02. The number of hydrogen-bond acceptors (Lipinski definition) is 3. The third-order valence-electron chi connectivity index (χ3n) is 4.37. The van der Waals surface area contributed by atoms with E-state index in [1.165, 1.54) is 12.1 Å². The van der Waals surface area contributed by atoms with E-state index in [0.29, 0.717) is 31.0 Å². The van der Waals surface area contributed by atoms with Crippen molar-refractivity contribution >= 4 is 11.9 Å². The highest BCUT2D eigenvalue weighted by molar-refractivity contribution is 5.94. The molecule has 168 valence electrons. The number of carbonyl (C=O) groups is 1. The van der Waals surface area contributed by atoms with Crippen LogP contribution in [-0.2, 0) is 12.8 Å². The number of alkyl halides is 3. The molecule has 2 aromatic carbocycles. The van der Waals surface area contributed by atoms with Gasteiger partial charge in [-0.3, -0.25) is 9.79 Å². The van der Waals surface area contributed by atoms with Gasteiger partial charge in [0.15, 0.2) is 5.96 Å². The second-order valence-electron chi connectivity index (χ2n) is 7.02. The molecular formula is C22H27F3N4O2. The number of amides is 1. The fourth-order valence-electron chi connectivity index (χ4n) is 2.85. The van der Waals surface area contributed by atoms with Crippen LogP contribution in [0.5, 0.6) is 5.75 Å². The molecule has 0 atom stereocenters. The highest BCUT2D eigenvalue weighted by Crippen LogP contribution is 2.22. The quantitative estimate of drug-likeness (QED) is 0.493. The van der Waals surface area contributed by atoms with Crippen molar-refractivity contribution in [3.63, 3.8) is 0 Å². The topological polar surface area (TPSA) is 66.0 Å². The first-order valence-electron chi connectivity index (χ1n) is 9.78. The average Bonchev–Trinajstić information content (AvgIpc) is 2.72. The lowest BCUT2D eigenvalue weighted by Crippen LogP contribution is -2.39. The highest BCUT2D eigenvalue weighted by atomic mass is 19.4. The summed E-state index contributed by atoms with van der Waals surface area (Å²) in [6.45, 7) is 1.19. The molecule has 0 spiro atoms. The first-order chi connectivity index (χ1) is 14.7. The standard InChI is InChI=1S/C22H27F3N4O2/c1-26-21(27-13-11-16-7-9-19(10-8-16)31-22(23,24)25)28-14-12-17-5-4-6-18(15-17)20(30)29(2)3/h4-10,15H,11-14H2,1-3H3,(H2,26,27,28). The van der Waals surface area contributed by atoms with Gasteiger partial charge in [0.05, 0.1) is 0 Å². The number of guanidine groups is 1. The van der Waals surface area contributed by atoms with E-state index in [0.717, 1.165) is 17.5 Å². The molecule has 0 aromatic heterocycles. The van der Waals surface area contributed by atoms with Gasteiger partial charge < -0.3 is 20.3 Å². The Balaban J connectivity index is 1.76. The van der Waals surface area contributed by atoms with Gasteiger partial charge in [-0.15, -0.1) is 13.2 Å². The van der Waals surface area contributed by atoms with Gasteiger partial charge in [-0.2, -0.15) is 0 Å². The molecule has 0 aliphatic carbocycles. The van der Waals surface area contributed by atoms with Crippen LogP contribution in [0.4, 0.5) is 13.2 Å². The fourth-order valence-corrected chi connectivity index (χ4v) is 2.85. The van der Waals surface area contributed by atoms with Crippen molar-refractivity contribution < 1.29 is 22.7 Å². The number of hydrogen-bond donors (Lipinski definition) is 2. The Morgan fingerprint density at radius 1 is 1.00 bits per heavy atom.